The van der Waals surface area contributed by atoms with Gasteiger partial charge >= 0.3 is 5.97 Å². The Labute approximate surface area is 157 Å². The van der Waals surface area contributed by atoms with Gasteiger partial charge in [0.2, 0.25) is 5.91 Å². The molecule has 2 aromatic rings. The number of nitrogens with zero attached hydrogens (tertiary/aromatic N) is 1. The predicted molar refractivity (Wildman–Crippen MR) is 96.9 cm³/mol. The molecule has 3 atom stereocenters. The van der Waals surface area contributed by atoms with Crippen molar-refractivity contribution in [1.82, 2.24) is 10.2 Å². The Morgan fingerprint density at radius 3 is 2.48 bits per heavy atom. The van der Waals surface area contributed by atoms with Crippen LogP contribution in [0, 0.1) is 5.92 Å². The summed E-state index contributed by atoms with van der Waals surface area (Å²) in [6.07, 6.45) is 1.78. The lowest BCUT2D eigenvalue weighted by Gasteiger charge is -2.36. The first-order valence-electron chi connectivity index (χ1n) is 8.83. The van der Waals surface area contributed by atoms with Crippen LogP contribution in [0.1, 0.15) is 35.5 Å². The second-order valence-corrected chi connectivity index (χ2v) is 6.82. The third kappa shape index (κ3) is 3.86. The lowest BCUT2D eigenvalue weighted by Crippen LogP contribution is -2.55. The fourth-order valence-electron chi connectivity index (χ4n) is 3.17. The van der Waals surface area contributed by atoms with E-state index in [1.54, 1.807) is 19.1 Å². The summed E-state index contributed by atoms with van der Waals surface area (Å²) in [5, 5.41) is 11.9. The number of benzene rings is 1. The Morgan fingerprint density at radius 1 is 1.15 bits per heavy atom. The average molecular weight is 370 g/mol. The SMILES string of the molecule is CC(NC(=O)C1Cc2ccccc2CN1C(=O)c1ccco1)C(C)C(=O)O. The smallest absolute Gasteiger partial charge is 0.308 e. The van der Waals surface area contributed by atoms with E-state index < -0.39 is 24.0 Å². The van der Waals surface area contributed by atoms with Crippen molar-refractivity contribution < 1.29 is 23.9 Å². The molecule has 0 radical (unpaired) electrons. The van der Waals surface area contributed by atoms with Gasteiger partial charge in [0.05, 0.1) is 12.2 Å². The maximum absolute atomic E-state index is 12.9. The molecule has 0 saturated carbocycles. The summed E-state index contributed by atoms with van der Waals surface area (Å²) < 4.78 is 5.21. The van der Waals surface area contributed by atoms with Gasteiger partial charge in [-0.15, -0.1) is 0 Å². The number of carboxylic acid groups (broad SMARTS) is 1. The topological polar surface area (TPSA) is 99.9 Å². The normalized spacial score (nSPS) is 18.3. The predicted octanol–water partition coefficient (Wildman–Crippen LogP) is 2.07. The molecule has 3 rings (SSSR count). The third-order valence-electron chi connectivity index (χ3n) is 5.05. The number of nitrogens with one attached hydrogen (secondary N) is 1. The molecule has 0 saturated heterocycles. The highest BCUT2D eigenvalue weighted by Gasteiger charge is 2.37. The lowest BCUT2D eigenvalue weighted by atomic mass is 9.92. The lowest BCUT2D eigenvalue weighted by molar-refractivity contribution is -0.142. The average Bonchev–Trinajstić information content (AvgIpc) is 3.20. The molecule has 1 aliphatic rings. The van der Waals surface area contributed by atoms with Gasteiger partial charge in [-0.3, -0.25) is 14.4 Å². The number of carboxylic acids is 1. The van der Waals surface area contributed by atoms with Gasteiger partial charge in [0.1, 0.15) is 6.04 Å². The van der Waals surface area contributed by atoms with Crippen molar-refractivity contribution in [3.05, 3.63) is 59.5 Å². The first-order chi connectivity index (χ1) is 12.9. The molecular formula is C20H22N2O5. The van der Waals surface area contributed by atoms with E-state index in [1.807, 2.05) is 24.3 Å². The van der Waals surface area contributed by atoms with Crippen LogP contribution in [0.15, 0.2) is 47.1 Å². The Hall–Kier alpha value is -3.09. The zero-order chi connectivity index (χ0) is 19.6. The second kappa shape index (κ2) is 7.65. The van der Waals surface area contributed by atoms with E-state index in [1.165, 1.54) is 18.1 Å². The molecule has 0 aliphatic carbocycles. The molecule has 0 spiro atoms. The van der Waals surface area contributed by atoms with E-state index in [0.29, 0.717) is 6.42 Å². The number of carbonyl (C=O) groups is 3. The minimum absolute atomic E-state index is 0.166. The summed E-state index contributed by atoms with van der Waals surface area (Å²) in [6.45, 7) is 3.47. The number of fused-ring (bicyclic) bond motifs is 1. The number of hydrogen-bond donors (Lipinski definition) is 2. The van der Waals surface area contributed by atoms with Gasteiger partial charge in [-0.25, -0.2) is 0 Å². The molecule has 1 aliphatic heterocycles. The van der Waals surface area contributed by atoms with Gasteiger partial charge in [-0.1, -0.05) is 24.3 Å². The number of aliphatic carboxylic acids is 1. The van der Waals surface area contributed by atoms with Gasteiger partial charge in [-0.05, 0) is 37.1 Å². The van der Waals surface area contributed by atoms with Crippen LogP contribution in [0.25, 0.3) is 0 Å². The van der Waals surface area contributed by atoms with Crippen molar-refractivity contribution in [2.45, 2.75) is 38.9 Å². The molecule has 0 fully saturated rings. The summed E-state index contributed by atoms with van der Waals surface area (Å²) in [7, 11) is 0. The van der Waals surface area contributed by atoms with E-state index in [4.69, 9.17) is 9.52 Å². The van der Waals surface area contributed by atoms with E-state index >= 15 is 0 Å². The van der Waals surface area contributed by atoms with Crippen molar-refractivity contribution in [3.8, 4) is 0 Å². The van der Waals surface area contributed by atoms with E-state index in [2.05, 4.69) is 5.32 Å². The molecule has 1 aromatic heterocycles. The highest BCUT2D eigenvalue weighted by molar-refractivity contribution is 5.96. The number of furan rings is 1. The number of carbonyl (C=O) groups excluding carboxylic acids is 2. The Kier molecular flexibility index (Phi) is 5.30. The highest BCUT2D eigenvalue weighted by atomic mass is 16.4. The molecular weight excluding hydrogens is 348 g/mol. The van der Waals surface area contributed by atoms with Crippen molar-refractivity contribution in [2.24, 2.45) is 5.92 Å². The largest absolute Gasteiger partial charge is 0.481 e. The summed E-state index contributed by atoms with van der Waals surface area (Å²) in [5.74, 6) is -2.29. The quantitative estimate of drug-likeness (QED) is 0.839. The van der Waals surface area contributed by atoms with Crippen molar-refractivity contribution in [3.63, 3.8) is 0 Å². The van der Waals surface area contributed by atoms with Gasteiger partial charge in [0, 0.05) is 19.0 Å². The zero-order valence-electron chi connectivity index (χ0n) is 15.2. The molecule has 2 heterocycles. The van der Waals surface area contributed by atoms with Gasteiger partial charge in [-0.2, -0.15) is 0 Å². The van der Waals surface area contributed by atoms with Crippen LogP contribution >= 0.6 is 0 Å². The first kappa shape index (κ1) is 18.7. The number of amides is 2. The summed E-state index contributed by atoms with van der Waals surface area (Å²) in [6, 6.07) is 9.55. The van der Waals surface area contributed by atoms with Gasteiger partial charge in [0.25, 0.3) is 5.91 Å². The Balaban J connectivity index is 1.86. The minimum atomic E-state index is -0.986. The van der Waals surface area contributed by atoms with Crippen LogP contribution in [-0.4, -0.2) is 39.9 Å². The van der Waals surface area contributed by atoms with E-state index in [9.17, 15) is 14.4 Å². The highest BCUT2D eigenvalue weighted by Crippen LogP contribution is 2.25. The Bertz CT molecular complexity index is 846. The van der Waals surface area contributed by atoms with Crippen LogP contribution in [0.4, 0.5) is 0 Å². The van der Waals surface area contributed by atoms with Crippen molar-refractivity contribution in [2.75, 3.05) is 0 Å². The third-order valence-corrected chi connectivity index (χ3v) is 5.05. The minimum Gasteiger partial charge on any atom is -0.481 e. The molecule has 7 heteroatoms. The maximum Gasteiger partial charge on any atom is 0.308 e. The van der Waals surface area contributed by atoms with E-state index in [-0.39, 0.29) is 24.1 Å². The molecule has 2 N–H and O–H groups in total. The fraction of sp³-hybridized carbons (Fsp3) is 0.350. The second-order valence-electron chi connectivity index (χ2n) is 6.82. The molecule has 7 nitrogen and oxygen atoms in total. The molecule has 3 unspecified atom stereocenters. The number of hydrogen-bond acceptors (Lipinski definition) is 4. The van der Waals surface area contributed by atoms with Crippen molar-refractivity contribution >= 4 is 17.8 Å². The summed E-state index contributed by atoms with van der Waals surface area (Å²) in [5.41, 5.74) is 1.98. The maximum atomic E-state index is 12.9. The molecule has 1 aromatic carbocycles. The van der Waals surface area contributed by atoms with E-state index in [0.717, 1.165) is 11.1 Å². The van der Waals surface area contributed by atoms with Crippen LogP contribution in [0.3, 0.4) is 0 Å². The van der Waals surface area contributed by atoms with Crippen LogP contribution in [0.2, 0.25) is 0 Å². The summed E-state index contributed by atoms with van der Waals surface area (Å²) in [4.78, 5) is 38.4. The van der Waals surface area contributed by atoms with Crippen molar-refractivity contribution in [1.29, 1.82) is 0 Å². The van der Waals surface area contributed by atoms with Crippen LogP contribution in [0.5, 0.6) is 0 Å². The van der Waals surface area contributed by atoms with Crippen LogP contribution < -0.4 is 5.32 Å². The number of rotatable bonds is 5. The zero-order valence-corrected chi connectivity index (χ0v) is 15.2. The van der Waals surface area contributed by atoms with Gasteiger partial charge < -0.3 is 19.7 Å². The fourth-order valence-corrected chi connectivity index (χ4v) is 3.17. The van der Waals surface area contributed by atoms with Crippen LogP contribution in [-0.2, 0) is 22.6 Å². The molecule has 142 valence electrons. The standard InChI is InChI=1S/C20H22N2O5/c1-12(20(25)26)13(2)21-18(23)16-10-14-6-3-4-7-15(14)11-22(16)19(24)17-8-5-9-27-17/h3-9,12-13,16H,10-11H2,1-2H3,(H,21,23)(H,25,26). The molecule has 0 bridgehead atoms. The molecule has 2 amide bonds. The first-order valence-corrected chi connectivity index (χ1v) is 8.83. The monoisotopic (exact) mass is 370 g/mol. The van der Waals surface area contributed by atoms with Gasteiger partial charge in [0.15, 0.2) is 5.76 Å². The Morgan fingerprint density at radius 2 is 1.85 bits per heavy atom. The molecule has 27 heavy (non-hydrogen) atoms. The summed E-state index contributed by atoms with van der Waals surface area (Å²) >= 11 is 0.